The number of carboxylic acid groups (broad SMARTS) is 1. The molecule has 1 aromatic rings. The minimum absolute atomic E-state index is 0.447. The van der Waals surface area contributed by atoms with Gasteiger partial charge in [0, 0.05) is 18.8 Å². The maximum atomic E-state index is 11.1. The molecule has 0 unspecified atom stereocenters. The fraction of sp³-hybridized carbons (Fsp3) is 0.500. The van der Waals surface area contributed by atoms with E-state index in [1.54, 1.807) is 0 Å². The van der Waals surface area contributed by atoms with Crippen LogP contribution in [0.25, 0.3) is 0 Å². The smallest absolute Gasteiger partial charge is 0.312 e. The van der Waals surface area contributed by atoms with Gasteiger partial charge in [-0.15, -0.1) is 0 Å². The van der Waals surface area contributed by atoms with Crippen LogP contribution >= 0.6 is 0 Å². The molecule has 0 radical (unpaired) electrons. The predicted molar refractivity (Wildman–Crippen MR) is 74.6 cm³/mol. The quantitative estimate of drug-likeness (QED) is 0.532. The molecule has 0 saturated carbocycles. The number of carbonyl (C=O) groups is 2. The van der Waals surface area contributed by atoms with Crippen molar-refractivity contribution in [2.24, 2.45) is 0 Å². The van der Waals surface area contributed by atoms with Crippen LogP contribution in [0.5, 0.6) is 0 Å². The van der Waals surface area contributed by atoms with Crippen LogP contribution < -0.4 is 10.6 Å². The van der Waals surface area contributed by atoms with E-state index in [-0.39, 0.29) is 0 Å². The van der Waals surface area contributed by atoms with Crippen molar-refractivity contribution in [3.63, 3.8) is 0 Å². The molecule has 0 fully saturated rings. The summed E-state index contributed by atoms with van der Waals surface area (Å²) in [5, 5.41) is 14.3. The molecule has 3 N–H and O–H groups in total. The standard InChI is InChI=1S/C14H19N3O3/c18-12(9-13(19)20)15-7-2-4-11-6-5-10-3-1-8-16-14(10)17-11/h5-6H,1-4,7-9H2,(H,15,18)(H,16,17)(H,19,20). The lowest BCUT2D eigenvalue weighted by molar-refractivity contribution is -0.140. The Balaban J connectivity index is 1.74. The molecule has 6 heteroatoms. The fourth-order valence-electron chi connectivity index (χ4n) is 2.21. The Morgan fingerprint density at radius 2 is 2.25 bits per heavy atom. The summed E-state index contributed by atoms with van der Waals surface area (Å²) in [6.45, 7) is 1.44. The van der Waals surface area contributed by atoms with Crippen molar-refractivity contribution in [3.8, 4) is 0 Å². The summed E-state index contributed by atoms with van der Waals surface area (Å²) in [4.78, 5) is 26.0. The number of aromatic nitrogens is 1. The van der Waals surface area contributed by atoms with E-state index in [4.69, 9.17) is 5.11 Å². The lowest BCUT2D eigenvalue weighted by atomic mass is 10.1. The second-order valence-electron chi connectivity index (χ2n) is 4.86. The van der Waals surface area contributed by atoms with E-state index in [1.807, 2.05) is 6.07 Å². The van der Waals surface area contributed by atoms with E-state index in [9.17, 15) is 9.59 Å². The number of carbonyl (C=O) groups excluding carboxylic acids is 1. The van der Waals surface area contributed by atoms with E-state index < -0.39 is 18.3 Å². The zero-order chi connectivity index (χ0) is 14.4. The molecule has 2 heterocycles. The Bertz CT molecular complexity index is 502. The lowest BCUT2D eigenvalue weighted by Gasteiger charge is -2.17. The number of amides is 1. The molecule has 108 valence electrons. The Morgan fingerprint density at radius 1 is 1.40 bits per heavy atom. The molecule has 0 saturated heterocycles. The fourth-order valence-corrected chi connectivity index (χ4v) is 2.21. The third-order valence-electron chi connectivity index (χ3n) is 3.20. The molecule has 0 atom stereocenters. The Kier molecular flexibility index (Phi) is 4.92. The molecule has 0 spiro atoms. The number of fused-ring (bicyclic) bond motifs is 1. The van der Waals surface area contributed by atoms with Gasteiger partial charge in [-0.2, -0.15) is 0 Å². The van der Waals surface area contributed by atoms with Gasteiger partial charge in [-0.3, -0.25) is 9.59 Å². The number of aryl methyl sites for hydroxylation is 2. The molecule has 2 rings (SSSR count). The molecule has 1 aliphatic heterocycles. The van der Waals surface area contributed by atoms with Crippen LogP contribution in [0.1, 0.15) is 30.5 Å². The van der Waals surface area contributed by atoms with Crippen molar-refractivity contribution < 1.29 is 14.7 Å². The van der Waals surface area contributed by atoms with Crippen molar-refractivity contribution >= 4 is 17.7 Å². The van der Waals surface area contributed by atoms with Gasteiger partial charge in [-0.05, 0) is 37.3 Å². The second-order valence-corrected chi connectivity index (χ2v) is 4.86. The highest BCUT2D eigenvalue weighted by Crippen LogP contribution is 2.19. The van der Waals surface area contributed by atoms with Crippen LogP contribution in [0.4, 0.5) is 5.82 Å². The predicted octanol–water partition coefficient (Wildman–Crippen LogP) is 0.963. The van der Waals surface area contributed by atoms with E-state index in [0.717, 1.165) is 43.7 Å². The first-order chi connectivity index (χ1) is 9.65. The molecular formula is C14H19N3O3. The maximum Gasteiger partial charge on any atom is 0.312 e. The largest absolute Gasteiger partial charge is 0.481 e. The Labute approximate surface area is 117 Å². The average Bonchev–Trinajstić information content (AvgIpc) is 2.43. The Morgan fingerprint density at radius 3 is 3.05 bits per heavy atom. The second kappa shape index (κ2) is 6.88. The highest BCUT2D eigenvalue weighted by Gasteiger charge is 2.10. The minimum atomic E-state index is -1.11. The number of nitrogens with one attached hydrogen (secondary N) is 2. The van der Waals surface area contributed by atoms with E-state index in [1.165, 1.54) is 5.56 Å². The van der Waals surface area contributed by atoms with Crippen LogP contribution in [0.2, 0.25) is 0 Å². The molecular weight excluding hydrogens is 258 g/mol. The van der Waals surface area contributed by atoms with Crippen molar-refractivity contribution in [2.75, 3.05) is 18.4 Å². The van der Waals surface area contributed by atoms with Crippen molar-refractivity contribution in [1.82, 2.24) is 10.3 Å². The summed E-state index contributed by atoms with van der Waals surface area (Å²) >= 11 is 0. The van der Waals surface area contributed by atoms with Crippen LogP contribution in [-0.4, -0.2) is 35.1 Å². The van der Waals surface area contributed by atoms with E-state index in [0.29, 0.717) is 6.54 Å². The number of anilines is 1. The maximum absolute atomic E-state index is 11.1. The van der Waals surface area contributed by atoms with Gasteiger partial charge in [0.25, 0.3) is 0 Å². The zero-order valence-electron chi connectivity index (χ0n) is 11.3. The molecule has 1 aromatic heterocycles. The number of nitrogens with zero attached hydrogens (tertiary/aromatic N) is 1. The van der Waals surface area contributed by atoms with Crippen molar-refractivity contribution in [2.45, 2.75) is 32.1 Å². The molecule has 0 bridgehead atoms. The zero-order valence-corrected chi connectivity index (χ0v) is 11.3. The lowest BCUT2D eigenvalue weighted by Crippen LogP contribution is -2.26. The highest BCUT2D eigenvalue weighted by atomic mass is 16.4. The number of hydrogen-bond acceptors (Lipinski definition) is 4. The van der Waals surface area contributed by atoms with E-state index in [2.05, 4.69) is 21.7 Å². The van der Waals surface area contributed by atoms with Crippen LogP contribution in [0, 0.1) is 0 Å². The summed E-state index contributed by atoms with van der Waals surface area (Å²) in [7, 11) is 0. The van der Waals surface area contributed by atoms with E-state index >= 15 is 0 Å². The van der Waals surface area contributed by atoms with Crippen LogP contribution in [0.3, 0.4) is 0 Å². The normalized spacial score (nSPS) is 13.2. The number of pyridine rings is 1. The topological polar surface area (TPSA) is 91.3 Å². The van der Waals surface area contributed by atoms with Gasteiger partial charge in [0.15, 0.2) is 0 Å². The third kappa shape index (κ3) is 4.22. The average molecular weight is 277 g/mol. The SMILES string of the molecule is O=C(O)CC(=O)NCCCc1ccc2c(n1)NCCC2. The van der Waals surface area contributed by atoms with Gasteiger partial charge in [0.2, 0.25) is 5.91 Å². The summed E-state index contributed by atoms with van der Waals surface area (Å²) in [6.07, 6.45) is 3.25. The molecule has 0 aromatic carbocycles. The summed E-state index contributed by atoms with van der Waals surface area (Å²) in [6, 6.07) is 4.12. The minimum Gasteiger partial charge on any atom is -0.481 e. The van der Waals surface area contributed by atoms with Crippen molar-refractivity contribution in [3.05, 3.63) is 23.4 Å². The van der Waals surface area contributed by atoms with Crippen LogP contribution in [-0.2, 0) is 22.4 Å². The monoisotopic (exact) mass is 277 g/mol. The summed E-state index contributed by atoms with van der Waals surface area (Å²) in [5.74, 6) is -0.578. The number of rotatable bonds is 6. The molecule has 0 aliphatic carbocycles. The highest BCUT2D eigenvalue weighted by molar-refractivity contribution is 5.93. The summed E-state index contributed by atoms with van der Waals surface area (Å²) in [5.41, 5.74) is 2.25. The first-order valence-corrected chi connectivity index (χ1v) is 6.86. The number of hydrogen-bond donors (Lipinski definition) is 3. The Hall–Kier alpha value is -2.11. The van der Waals surface area contributed by atoms with Gasteiger partial charge >= 0.3 is 5.97 Å². The van der Waals surface area contributed by atoms with Crippen LogP contribution in [0.15, 0.2) is 12.1 Å². The molecule has 6 nitrogen and oxygen atoms in total. The third-order valence-corrected chi connectivity index (χ3v) is 3.20. The first kappa shape index (κ1) is 14.3. The van der Waals surface area contributed by atoms with Gasteiger partial charge in [-0.1, -0.05) is 6.07 Å². The number of aliphatic carboxylic acids is 1. The molecule has 1 aliphatic rings. The molecule has 1 amide bonds. The molecule has 20 heavy (non-hydrogen) atoms. The first-order valence-electron chi connectivity index (χ1n) is 6.86. The van der Waals surface area contributed by atoms with Gasteiger partial charge in [0.1, 0.15) is 12.2 Å². The van der Waals surface area contributed by atoms with Crippen molar-refractivity contribution in [1.29, 1.82) is 0 Å². The van der Waals surface area contributed by atoms with Gasteiger partial charge < -0.3 is 15.7 Å². The number of carboxylic acids is 1. The van der Waals surface area contributed by atoms with Gasteiger partial charge in [-0.25, -0.2) is 4.98 Å². The summed E-state index contributed by atoms with van der Waals surface area (Å²) < 4.78 is 0. The van der Waals surface area contributed by atoms with Gasteiger partial charge in [0.05, 0.1) is 0 Å².